The Hall–Kier alpha value is -2.48. The van der Waals surface area contributed by atoms with Gasteiger partial charge in [0.2, 0.25) is 0 Å². The number of ether oxygens (including phenoxy) is 1. The van der Waals surface area contributed by atoms with Crippen LogP contribution in [-0.2, 0) is 7.05 Å². The first kappa shape index (κ1) is 12.0. The largest absolute Gasteiger partial charge is 0.496 e. The second-order valence-corrected chi connectivity index (χ2v) is 3.71. The highest BCUT2D eigenvalue weighted by Gasteiger charge is 2.10. The summed E-state index contributed by atoms with van der Waals surface area (Å²) in [5.74, 6) is 3.87. The van der Waals surface area contributed by atoms with Gasteiger partial charge in [-0.3, -0.25) is 4.68 Å². The third kappa shape index (κ3) is 2.43. The Morgan fingerprint density at radius 2 is 2.33 bits per heavy atom. The monoisotopic (exact) mass is 242 g/mol. The summed E-state index contributed by atoms with van der Waals surface area (Å²) >= 11 is 0. The molecule has 0 bridgehead atoms. The van der Waals surface area contributed by atoms with Gasteiger partial charge in [-0.05, 0) is 12.1 Å². The first-order chi connectivity index (χ1) is 8.74. The second-order valence-electron chi connectivity index (χ2n) is 3.71. The van der Waals surface area contributed by atoms with Crippen LogP contribution in [0, 0.1) is 12.3 Å². The van der Waals surface area contributed by atoms with Gasteiger partial charge in [0.25, 0.3) is 0 Å². The van der Waals surface area contributed by atoms with Crippen molar-refractivity contribution in [1.29, 1.82) is 0 Å². The molecule has 0 saturated carbocycles. The highest BCUT2D eigenvalue weighted by atomic mass is 16.5. The Kier molecular flexibility index (Phi) is 3.49. The Morgan fingerprint density at radius 1 is 1.50 bits per heavy atom. The van der Waals surface area contributed by atoms with Crippen molar-refractivity contribution < 1.29 is 4.74 Å². The predicted octanol–water partition coefficient (Wildman–Crippen LogP) is 1.54. The summed E-state index contributed by atoms with van der Waals surface area (Å²) in [7, 11) is 3.44. The maximum Gasteiger partial charge on any atom is 0.184 e. The van der Waals surface area contributed by atoms with Crippen molar-refractivity contribution in [3.05, 3.63) is 24.5 Å². The quantitative estimate of drug-likeness (QED) is 0.826. The molecule has 0 fully saturated rings. The molecule has 92 valence electrons. The summed E-state index contributed by atoms with van der Waals surface area (Å²) in [6, 6.07) is 5.71. The topological polar surface area (TPSA) is 52.0 Å². The fourth-order valence-electron chi connectivity index (χ4n) is 1.60. The summed E-state index contributed by atoms with van der Waals surface area (Å²) in [6.45, 7) is 0.477. The van der Waals surface area contributed by atoms with E-state index in [0.717, 1.165) is 11.3 Å². The van der Waals surface area contributed by atoms with E-state index < -0.39 is 0 Å². The average molecular weight is 242 g/mol. The van der Waals surface area contributed by atoms with E-state index in [1.807, 2.05) is 25.2 Å². The molecule has 1 aromatic heterocycles. The summed E-state index contributed by atoms with van der Waals surface area (Å²) < 4.78 is 7.00. The summed E-state index contributed by atoms with van der Waals surface area (Å²) in [4.78, 5) is 4.21. The Labute approximate surface area is 106 Å². The number of hydrogen-bond acceptors (Lipinski definition) is 4. The number of nitrogens with one attached hydrogen (secondary N) is 1. The molecule has 0 saturated heterocycles. The van der Waals surface area contributed by atoms with Crippen molar-refractivity contribution >= 4 is 5.69 Å². The van der Waals surface area contributed by atoms with Crippen molar-refractivity contribution in [1.82, 2.24) is 14.8 Å². The molecule has 18 heavy (non-hydrogen) atoms. The molecular weight excluding hydrogens is 228 g/mol. The molecular formula is C13H14N4O. The zero-order chi connectivity index (χ0) is 13.0. The van der Waals surface area contributed by atoms with Crippen molar-refractivity contribution in [3.63, 3.8) is 0 Å². The first-order valence-corrected chi connectivity index (χ1v) is 5.46. The Balaban J connectivity index is 2.34. The van der Waals surface area contributed by atoms with Gasteiger partial charge in [-0.1, -0.05) is 5.92 Å². The summed E-state index contributed by atoms with van der Waals surface area (Å²) in [5.41, 5.74) is 1.76. The average Bonchev–Trinajstić information content (AvgIpc) is 2.82. The number of benzene rings is 1. The van der Waals surface area contributed by atoms with Gasteiger partial charge in [0.15, 0.2) is 5.82 Å². The van der Waals surface area contributed by atoms with Gasteiger partial charge in [0.05, 0.1) is 19.2 Å². The van der Waals surface area contributed by atoms with Gasteiger partial charge < -0.3 is 10.1 Å². The maximum atomic E-state index is 5.35. The lowest BCUT2D eigenvalue weighted by Gasteiger charge is -2.09. The fourth-order valence-corrected chi connectivity index (χ4v) is 1.60. The van der Waals surface area contributed by atoms with Crippen LogP contribution < -0.4 is 10.1 Å². The molecule has 0 aliphatic heterocycles. The van der Waals surface area contributed by atoms with Crippen LogP contribution in [-0.4, -0.2) is 28.4 Å². The smallest absolute Gasteiger partial charge is 0.184 e. The summed E-state index contributed by atoms with van der Waals surface area (Å²) in [5, 5.41) is 7.34. The minimum absolute atomic E-state index is 0.477. The van der Waals surface area contributed by atoms with Gasteiger partial charge in [-0.2, -0.15) is 5.10 Å². The van der Waals surface area contributed by atoms with E-state index in [1.165, 1.54) is 0 Å². The van der Waals surface area contributed by atoms with Crippen LogP contribution >= 0.6 is 0 Å². The van der Waals surface area contributed by atoms with E-state index in [0.29, 0.717) is 18.1 Å². The number of rotatable bonds is 4. The molecule has 0 spiro atoms. The van der Waals surface area contributed by atoms with Crippen LogP contribution in [0.3, 0.4) is 0 Å². The van der Waals surface area contributed by atoms with E-state index in [2.05, 4.69) is 21.3 Å². The zero-order valence-electron chi connectivity index (χ0n) is 10.3. The number of anilines is 1. The van der Waals surface area contributed by atoms with E-state index in [4.69, 9.17) is 11.2 Å². The molecule has 1 heterocycles. The van der Waals surface area contributed by atoms with Gasteiger partial charge in [-0.25, -0.2) is 4.98 Å². The highest BCUT2D eigenvalue weighted by molar-refractivity contribution is 5.68. The van der Waals surface area contributed by atoms with Gasteiger partial charge in [-0.15, -0.1) is 6.42 Å². The predicted molar refractivity (Wildman–Crippen MR) is 70.3 cm³/mol. The number of aromatic nitrogens is 3. The summed E-state index contributed by atoms with van der Waals surface area (Å²) in [6.07, 6.45) is 6.86. The van der Waals surface area contributed by atoms with E-state index in [9.17, 15) is 0 Å². The highest BCUT2D eigenvalue weighted by Crippen LogP contribution is 2.30. The van der Waals surface area contributed by atoms with Crippen molar-refractivity contribution in [2.75, 3.05) is 19.0 Å². The van der Waals surface area contributed by atoms with Crippen molar-refractivity contribution in [3.8, 4) is 29.5 Å². The minimum Gasteiger partial charge on any atom is -0.496 e. The van der Waals surface area contributed by atoms with Crippen molar-refractivity contribution in [2.45, 2.75) is 0 Å². The maximum absolute atomic E-state index is 5.35. The van der Waals surface area contributed by atoms with Crippen LogP contribution in [0.25, 0.3) is 11.4 Å². The van der Waals surface area contributed by atoms with Crippen LogP contribution in [0.15, 0.2) is 24.5 Å². The number of terminal acetylenes is 1. The lowest BCUT2D eigenvalue weighted by atomic mass is 10.1. The standard InChI is InChI=1S/C13H14N4O/c1-4-7-14-10-5-6-11(12(8-10)18-3)13-15-9-17(2)16-13/h1,5-6,8-9,14H,7H2,2-3H3. The van der Waals surface area contributed by atoms with Crippen LogP contribution in [0.5, 0.6) is 5.75 Å². The third-order valence-corrected chi connectivity index (χ3v) is 2.44. The van der Waals surface area contributed by atoms with E-state index in [1.54, 1.807) is 18.1 Å². The number of nitrogens with zero attached hydrogens (tertiary/aromatic N) is 3. The lowest BCUT2D eigenvalue weighted by Crippen LogP contribution is -1.99. The van der Waals surface area contributed by atoms with Crippen LogP contribution in [0.2, 0.25) is 0 Å². The zero-order valence-corrected chi connectivity index (χ0v) is 10.3. The number of aryl methyl sites for hydroxylation is 1. The van der Waals surface area contributed by atoms with Crippen molar-refractivity contribution in [2.24, 2.45) is 7.05 Å². The molecule has 0 unspecified atom stereocenters. The Morgan fingerprint density at radius 3 is 2.94 bits per heavy atom. The van der Waals surface area contributed by atoms with Crippen LogP contribution in [0.1, 0.15) is 0 Å². The molecule has 0 aliphatic rings. The van der Waals surface area contributed by atoms with E-state index >= 15 is 0 Å². The van der Waals surface area contributed by atoms with Crippen LogP contribution in [0.4, 0.5) is 5.69 Å². The molecule has 5 heteroatoms. The molecule has 2 aromatic rings. The minimum atomic E-state index is 0.477. The fraction of sp³-hybridized carbons (Fsp3) is 0.231. The SMILES string of the molecule is C#CCNc1ccc(-c2ncn(C)n2)c(OC)c1. The molecule has 0 amide bonds. The normalized spacial score (nSPS) is 9.83. The molecule has 0 radical (unpaired) electrons. The first-order valence-electron chi connectivity index (χ1n) is 5.46. The van der Waals surface area contributed by atoms with Gasteiger partial charge >= 0.3 is 0 Å². The molecule has 1 N–H and O–H groups in total. The van der Waals surface area contributed by atoms with Gasteiger partial charge in [0.1, 0.15) is 12.1 Å². The number of methoxy groups -OCH3 is 1. The second kappa shape index (κ2) is 5.23. The lowest BCUT2D eigenvalue weighted by molar-refractivity contribution is 0.416. The third-order valence-electron chi connectivity index (χ3n) is 2.44. The van der Waals surface area contributed by atoms with E-state index in [-0.39, 0.29) is 0 Å². The van der Waals surface area contributed by atoms with Gasteiger partial charge in [0, 0.05) is 18.8 Å². The molecule has 0 atom stereocenters. The Bertz CT molecular complexity index is 583. The molecule has 1 aromatic carbocycles. The molecule has 0 aliphatic carbocycles. The molecule has 2 rings (SSSR count). The number of hydrogen-bond donors (Lipinski definition) is 1. The molecule has 5 nitrogen and oxygen atoms in total.